The minimum atomic E-state index is 0.000273. The molecule has 0 N–H and O–H groups in total. The van der Waals surface area contributed by atoms with E-state index in [9.17, 15) is 4.79 Å². The van der Waals surface area contributed by atoms with Gasteiger partial charge in [0, 0.05) is 5.56 Å². The molecule has 0 bridgehead atoms. The van der Waals surface area contributed by atoms with Crippen molar-refractivity contribution in [3.63, 3.8) is 0 Å². The van der Waals surface area contributed by atoms with Crippen LogP contribution in [0.5, 0.6) is 0 Å². The molecule has 0 aliphatic rings. The third-order valence-electron chi connectivity index (χ3n) is 2.90. The summed E-state index contributed by atoms with van der Waals surface area (Å²) < 4.78 is 0. The second-order valence-electron chi connectivity index (χ2n) is 5.12. The van der Waals surface area contributed by atoms with Crippen molar-refractivity contribution in [1.29, 1.82) is 0 Å². The van der Waals surface area contributed by atoms with Crippen LogP contribution in [0.4, 0.5) is 0 Å². The summed E-state index contributed by atoms with van der Waals surface area (Å²) in [6.45, 7) is 6.39. The van der Waals surface area contributed by atoms with Crippen LogP contribution in [0.2, 0.25) is 0 Å². The van der Waals surface area contributed by atoms with E-state index in [2.05, 4.69) is 32.9 Å². The molecule has 0 saturated heterocycles. The van der Waals surface area contributed by atoms with E-state index in [4.69, 9.17) is 0 Å². The summed E-state index contributed by atoms with van der Waals surface area (Å²) in [6, 6.07) is 12.2. The fourth-order valence-corrected chi connectivity index (χ4v) is 2.08. The summed E-state index contributed by atoms with van der Waals surface area (Å²) in [4.78, 5) is 11.3. The highest BCUT2D eigenvalue weighted by molar-refractivity contribution is 5.99. The van der Waals surface area contributed by atoms with Gasteiger partial charge in [0.05, 0.1) is 0 Å². The van der Waals surface area contributed by atoms with Crippen LogP contribution in [0.1, 0.15) is 36.7 Å². The normalized spacial score (nSPS) is 11.7. The topological polar surface area (TPSA) is 17.1 Å². The highest BCUT2D eigenvalue weighted by Crippen LogP contribution is 2.30. The molecule has 0 saturated carbocycles. The lowest BCUT2D eigenvalue weighted by atomic mass is 9.82. The van der Waals surface area contributed by atoms with E-state index in [-0.39, 0.29) is 5.41 Å². The first-order chi connectivity index (χ1) is 7.54. The molecule has 2 aromatic carbocycles. The molecule has 0 radical (unpaired) electrons. The Hall–Kier alpha value is -1.63. The maximum Gasteiger partial charge on any atom is 0.150 e. The van der Waals surface area contributed by atoms with Crippen LogP contribution in [-0.4, -0.2) is 6.29 Å². The van der Waals surface area contributed by atoms with Crippen molar-refractivity contribution in [2.45, 2.75) is 26.2 Å². The van der Waals surface area contributed by atoms with Crippen molar-refractivity contribution in [2.75, 3.05) is 0 Å². The lowest BCUT2D eigenvalue weighted by molar-refractivity contribution is 0.112. The predicted molar refractivity (Wildman–Crippen MR) is 68.0 cm³/mol. The van der Waals surface area contributed by atoms with Crippen molar-refractivity contribution in [1.82, 2.24) is 0 Å². The lowest BCUT2D eigenvalue weighted by Crippen LogP contribution is -2.14. The molecule has 1 heteroatoms. The Balaban J connectivity index is 2.83. The Kier molecular flexibility index (Phi) is 2.55. The summed E-state index contributed by atoms with van der Waals surface area (Å²) >= 11 is 0. The van der Waals surface area contributed by atoms with Crippen molar-refractivity contribution >= 4 is 17.1 Å². The van der Waals surface area contributed by atoms with E-state index in [1.807, 2.05) is 24.3 Å². The second-order valence-corrected chi connectivity index (χ2v) is 5.12. The van der Waals surface area contributed by atoms with Crippen LogP contribution in [0.3, 0.4) is 0 Å². The van der Waals surface area contributed by atoms with Gasteiger partial charge in [0.2, 0.25) is 0 Å². The summed E-state index contributed by atoms with van der Waals surface area (Å²) in [5, 5.41) is 2.17. The second kappa shape index (κ2) is 3.75. The zero-order chi connectivity index (χ0) is 11.8. The minimum Gasteiger partial charge on any atom is -0.298 e. The van der Waals surface area contributed by atoms with E-state index in [1.54, 1.807) is 0 Å². The highest BCUT2D eigenvalue weighted by atomic mass is 16.1. The standard InChI is InChI=1S/C15H16O/c1-15(2,3)14-9-8-11-6-4-5-7-12(11)13(14)10-16/h4-10H,1-3H3. The molecule has 2 aromatic rings. The fourth-order valence-electron chi connectivity index (χ4n) is 2.08. The number of carbonyl (C=O) groups is 1. The predicted octanol–water partition coefficient (Wildman–Crippen LogP) is 3.95. The van der Waals surface area contributed by atoms with E-state index >= 15 is 0 Å². The molecule has 0 spiro atoms. The monoisotopic (exact) mass is 212 g/mol. The van der Waals surface area contributed by atoms with Gasteiger partial charge in [0.1, 0.15) is 0 Å². The molecule has 0 amide bonds. The van der Waals surface area contributed by atoms with Crippen molar-refractivity contribution in [3.05, 3.63) is 47.5 Å². The van der Waals surface area contributed by atoms with E-state index in [0.717, 1.165) is 28.2 Å². The van der Waals surface area contributed by atoms with Gasteiger partial charge in [-0.1, -0.05) is 57.2 Å². The van der Waals surface area contributed by atoms with Crippen LogP contribution >= 0.6 is 0 Å². The molecule has 0 fully saturated rings. The molecule has 0 aliphatic carbocycles. The lowest BCUT2D eigenvalue weighted by Gasteiger charge is -2.22. The number of aldehydes is 1. The average Bonchev–Trinajstić information content (AvgIpc) is 2.26. The fraction of sp³-hybridized carbons (Fsp3) is 0.267. The molecule has 1 nitrogen and oxygen atoms in total. The zero-order valence-corrected chi connectivity index (χ0v) is 9.95. The molecule has 0 aromatic heterocycles. The smallest absolute Gasteiger partial charge is 0.150 e. The third kappa shape index (κ3) is 1.73. The number of carbonyl (C=O) groups excluding carboxylic acids is 1. The van der Waals surface area contributed by atoms with Gasteiger partial charge in [-0.05, 0) is 21.8 Å². The summed E-state index contributed by atoms with van der Waals surface area (Å²) in [5.74, 6) is 0. The first-order valence-electron chi connectivity index (χ1n) is 5.51. The van der Waals surface area contributed by atoms with Crippen LogP contribution in [0.15, 0.2) is 36.4 Å². The van der Waals surface area contributed by atoms with Crippen LogP contribution < -0.4 is 0 Å². The highest BCUT2D eigenvalue weighted by Gasteiger charge is 2.18. The zero-order valence-electron chi connectivity index (χ0n) is 9.95. The Morgan fingerprint density at radius 2 is 1.69 bits per heavy atom. The van der Waals surface area contributed by atoms with Crippen molar-refractivity contribution in [2.24, 2.45) is 0 Å². The number of fused-ring (bicyclic) bond motifs is 1. The molecule has 0 unspecified atom stereocenters. The van der Waals surface area contributed by atoms with Gasteiger partial charge in [-0.25, -0.2) is 0 Å². The van der Waals surface area contributed by atoms with Gasteiger partial charge in [-0.15, -0.1) is 0 Å². The van der Waals surface area contributed by atoms with Crippen LogP contribution in [-0.2, 0) is 5.41 Å². The maximum absolute atomic E-state index is 11.3. The quantitative estimate of drug-likeness (QED) is 0.654. The molecule has 82 valence electrons. The Morgan fingerprint density at radius 3 is 2.31 bits per heavy atom. The van der Waals surface area contributed by atoms with Gasteiger partial charge in [0.25, 0.3) is 0 Å². The molecule has 0 atom stereocenters. The SMILES string of the molecule is CC(C)(C)c1ccc2ccccc2c1C=O. The largest absolute Gasteiger partial charge is 0.298 e. The van der Waals surface area contributed by atoms with E-state index in [1.165, 1.54) is 0 Å². The third-order valence-corrected chi connectivity index (χ3v) is 2.90. The van der Waals surface area contributed by atoms with Gasteiger partial charge in [-0.3, -0.25) is 4.79 Å². The number of rotatable bonds is 1. The van der Waals surface area contributed by atoms with Crippen LogP contribution in [0.25, 0.3) is 10.8 Å². The maximum atomic E-state index is 11.3. The van der Waals surface area contributed by atoms with Gasteiger partial charge in [0.15, 0.2) is 6.29 Å². The summed E-state index contributed by atoms with van der Waals surface area (Å²) in [5.41, 5.74) is 1.94. The summed E-state index contributed by atoms with van der Waals surface area (Å²) in [6.07, 6.45) is 0.975. The van der Waals surface area contributed by atoms with E-state index < -0.39 is 0 Å². The molecule has 0 aliphatic heterocycles. The number of hydrogen-bond donors (Lipinski definition) is 0. The molecule has 0 heterocycles. The molecular formula is C15H16O. The molecule has 16 heavy (non-hydrogen) atoms. The number of hydrogen-bond acceptors (Lipinski definition) is 1. The first-order valence-corrected chi connectivity index (χ1v) is 5.51. The van der Waals surface area contributed by atoms with Crippen LogP contribution in [0, 0.1) is 0 Å². The Labute approximate surface area is 96.1 Å². The average molecular weight is 212 g/mol. The van der Waals surface area contributed by atoms with Gasteiger partial charge >= 0.3 is 0 Å². The Bertz CT molecular complexity index is 533. The molecular weight excluding hydrogens is 196 g/mol. The molecule has 2 rings (SSSR count). The summed E-state index contributed by atoms with van der Waals surface area (Å²) in [7, 11) is 0. The van der Waals surface area contributed by atoms with Crippen molar-refractivity contribution in [3.8, 4) is 0 Å². The van der Waals surface area contributed by atoms with Gasteiger partial charge < -0.3 is 0 Å². The number of benzene rings is 2. The Morgan fingerprint density at radius 1 is 1.00 bits per heavy atom. The van der Waals surface area contributed by atoms with E-state index in [0.29, 0.717) is 0 Å². The van der Waals surface area contributed by atoms with Crippen molar-refractivity contribution < 1.29 is 4.79 Å². The first kappa shape index (κ1) is 10.9. The minimum absolute atomic E-state index is 0.000273. The van der Waals surface area contributed by atoms with Gasteiger partial charge in [-0.2, -0.15) is 0 Å².